The van der Waals surface area contributed by atoms with E-state index in [4.69, 9.17) is 14.2 Å². The molecule has 2 spiro atoms. The number of carbonyl (C=O) groups is 1. The fourth-order valence-corrected chi connectivity index (χ4v) is 4.75. The number of ether oxygens (including phenoxy) is 3. The first-order valence-electron chi connectivity index (χ1n) is 10.6. The van der Waals surface area contributed by atoms with Crippen molar-refractivity contribution in [2.45, 2.75) is 77.2 Å². The number of carbonyl (C=O) groups excluding carboxylic acids is 1. The lowest BCUT2D eigenvalue weighted by Crippen LogP contribution is -2.56. The van der Waals surface area contributed by atoms with Crippen LogP contribution in [0.2, 0.25) is 0 Å². The van der Waals surface area contributed by atoms with Gasteiger partial charge in [-0.05, 0) is 37.8 Å². The van der Waals surface area contributed by atoms with E-state index in [1.54, 1.807) is 0 Å². The molecule has 0 N–H and O–H groups in total. The molecule has 2 heterocycles. The van der Waals surface area contributed by atoms with Crippen molar-refractivity contribution in [1.82, 2.24) is 4.90 Å². The lowest BCUT2D eigenvalue weighted by atomic mass is 9.77. The Balaban J connectivity index is 1.38. The molecule has 1 atom stereocenters. The van der Waals surface area contributed by atoms with Crippen molar-refractivity contribution in [1.29, 1.82) is 0 Å². The van der Waals surface area contributed by atoms with Crippen LogP contribution in [0.1, 0.15) is 70.0 Å². The first-order valence-corrected chi connectivity index (χ1v) is 10.6. The van der Waals surface area contributed by atoms with E-state index in [1.165, 1.54) is 11.1 Å². The van der Waals surface area contributed by atoms with Gasteiger partial charge >= 0.3 is 6.09 Å². The van der Waals surface area contributed by atoms with E-state index >= 15 is 0 Å². The van der Waals surface area contributed by atoms with Crippen molar-refractivity contribution in [2.24, 2.45) is 5.41 Å². The van der Waals surface area contributed by atoms with E-state index in [1.807, 2.05) is 17.0 Å². The Morgan fingerprint density at radius 2 is 1.64 bits per heavy atom. The summed E-state index contributed by atoms with van der Waals surface area (Å²) in [6.45, 7) is 10.7. The SMILES string of the molecule is Cc1ccccc1C(C)N1CCC2(CCC3(CC2)OCC(C)(C)CO3)OC1=O. The Bertz CT molecular complexity index is 724. The Morgan fingerprint density at radius 3 is 2.25 bits per heavy atom. The van der Waals surface area contributed by atoms with Gasteiger partial charge in [0.15, 0.2) is 5.79 Å². The highest BCUT2D eigenvalue weighted by Gasteiger charge is 2.51. The molecule has 1 aliphatic carbocycles. The standard InChI is InChI=1S/C23H33NO4/c1-17-7-5-6-8-19(17)18(2)24-14-13-22(28-20(24)25)9-11-23(12-10-22)26-15-21(3,4)16-27-23/h5-8,18H,9-16H2,1-4H3. The summed E-state index contributed by atoms with van der Waals surface area (Å²) in [7, 11) is 0. The molecule has 0 radical (unpaired) electrons. The predicted octanol–water partition coefficient (Wildman–Crippen LogP) is 4.98. The fourth-order valence-electron chi connectivity index (χ4n) is 4.75. The van der Waals surface area contributed by atoms with Crippen LogP contribution in [0.4, 0.5) is 4.79 Å². The number of rotatable bonds is 2. The molecule has 1 aromatic rings. The molecule has 3 fully saturated rings. The Hall–Kier alpha value is -1.59. The summed E-state index contributed by atoms with van der Waals surface area (Å²) in [5.41, 5.74) is 2.11. The molecule has 5 nitrogen and oxygen atoms in total. The molecule has 28 heavy (non-hydrogen) atoms. The number of nitrogens with zero attached hydrogens (tertiary/aromatic N) is 1. The molecule has 0 aromatic heterocycles. The van der Waals surface area contributed by atoms with E-state index in [0.29, 0.717) is 0 Å². The second kappa shape index (κ2) is 7.03. The zero-order valence-corrected chi connectivity index (χ0v) is 17.6. The number of aryl methyl sites for hydroxylation is 1. The van der Waals surface area contributed by atoms with Gasteiger partial charge in [0.2, 0.25) is 0 Å². The highest BCUT2D eigenvalue weighted by Crippen LogP contribution is 2.47. The second-order valence-electron chi connectivity index (χ2n) is 9.68. The van der Waals surface area contributed by atoms with Crippen LogP contribution in [0.5, 0.6) is 0 Å². The number of hydrogen-bond donors (Lipinski definition) is 0. The van der Waals surface area contributed by atoms with E-state index < -0.39 is 5.79 Å². The summed E-state index contributed by atoms with van der Waals surface area (Å²) < 4.78 is 18.3. The summed E-state index contributed by atoms with van der Waals surface area (Å²) in [5, 5.41) is 0. The van der Waals surface area contributed by atoms with Crippen LogP contribution in [-0.4, -0.2) is 42.1 Å². The van der Waals surface area contributed by atoms with Crippen molar-refractivity contribution in [2.75, 3.05) is 19.8 Å². The topological polar surface area (TPSA) is 48.0 Å². The van der Waals surface area contributed by atoms with Crippen LogP contribution in [-0.2, 0) is 14.2 Å². The summed E-state index contributed by atoms with van der Waals surface area (Å²) in [4.78, 5) is 14.8. The maximum atomic E-state index is 12.9. The third-order valence-electron chi connectivity index (χ3n) is 6.83. The van der Waals surface area contributed by atoms with E-state index in [2.05, 4.69) is 39.8 Å². The molecule has 154 valence electrons. The van der Waals surface area contributed by atoms with Gasteiger partial charge in [0.1, 0.15) is 5.60 Å². The van der Waals surface area contributed by atoms with Crippen LogP contribution in [0.3, 0.4) is 0 Å². The molecular formula is C23H33NO4. The lowest BCUT2D eigenvalue weighted by Gasteiger charge is -2.51. The average Bonchev–Trinajstić information content (AvgIpc) is 2.67. The number of benzene rings is 1. The fraction of sp³-hybridized carbons (Fsp3) is 0.696. The molecule has 1 aromatic carbocycles. The van der Waals surface area contributed by atoms with E-state index in [-0.39, 0.29) is 23.2 Å². The summed E-state index contributed by atoms with van der Waals surface area (Å²) in [5.74, 6) is -0.473. The van der Waals surface area contributed by atoms with Crippen molar-refractivity contribution >= 4 is 6.09 Å². The number of amides is 1. The Kier molecular flexibility index (Phi) is 4.95. The third-order valence-corrected chi connectivity index (χ3v) is 6.83. The Morgan fingerprint density at radius 1 is 1.00 bits per heavy atom. The van der Waals surface area contributed by atoms with Gasteiger partial charge in [-0.15, -0.1) is 0 Å². The molecule has 4 rings (SSSR count). The van der Waals surface area contributed by atoms with Gasteiger partial charge in [0, 0.05) is 31.2 Å². The van der Waals surface area contributed by atoms with Gasteiger partial charge in [-0.1, -0.05) is 38.1 Å². The van der Waals surface area contributed by atoms with Gasteiger partial charge in [-0.3, -0.25) is 0 Å². The minimum Gasteiger partial charge on any atom is -0.443 e. The van der Waals surface area contributed by atoms with Gasteiger partial charge in [-0.25, -0.2) is 4.79 Å². The van der Waals surface area contributed by atoms with Crippen LogP contribution in [0.15, 0.2) is 24.3 Å². The van der Waals surface area contributed by atoms with Crippen LogP contribution in [0.25, 0.3) is 0 Å². The van der Waals surface area contributed by atoms with Crippen molar-refractivity contribution < 1.29 is 19.0 Å². The first-order chi connectivity index (χ1) is 13.2. The zero-order valence-electron chi connectivity index (χ0n) is 17.6. The van der Waals surface area contributed by atoms with Gasteiger partial charge < -0.3 is 19.1 Å². The molecule has 1 saturated carbocycles. The van der Waals surface area contributed by atoms with Gasteiger partial charge in [0.05, 0.1) is 19.3 Å². The van der Waals surface area contributed by atoms with Gasteiger partial charge in [0.25, 0.3) is 0 Å². The third kappa shape index (κ3) is 3.67. The minimum atomic E-state index is -0.473. The zero-order chi connectivity index (χ0) is 20.0. The maximum absolute atomic E-state index is 12.9. The minimum absolute atomic E-state index is 0.0215. The summed E-state index contributed by atoms with van der Waals surface area (Å²) in [6, 6.07) is 8.27. The normalized spacial score (nSPS) is 26.9. The van der Waals surface area contributed by atoms with Crippen LogP contribution in [0, 0.1) is 12.3 Å². The monoisotopic (exact) mass is 387 g/mol. The lowest BCUT2D eigenvalue weighted by molar-refractivity contribution is -0.320. The average molecular weight is 388 g/mol. The molecule has 1 unspecified atom stereocenters. The van der Waals surface area contributed by atoms with Crippen molar-refractivity contribution in [3.63, 3.8) is 0 Å². The van der Waals surface area contributed by atoms with Crippen LogP contribution < -0.4 is 0 Å². The highest BCUT2D eigenvalue weighted by atomic mass is 16.7. The quantitative estimate of drug-likeness (QED) is 0.718. The van der Waals surface area contributed by atoms with Crippen molar-refractivity contribution in [3.05, 3.63) is 35.4 Å². The van der Waals surface area contributed by atoms with E-state index in [0.717, 1.165) is 51.9 Å². The molecule has 3 aliphatic rings. The first kappa shape index (κ1) is 19.7. The maximum Gasteiger partial charge on any atom is 0.410 e. The van der Waals surface area contributed by atoms with Crippen LogP contribution >= 0.6 is 0 Å². The summed E-state index contributed by atoms with van der Waals surface area (Å²) >= 11 is 0. The van der Waals surface area contributed by atoms with Crippen molar-refractivity contribution in [3.8, 4) is 0 Å². The molecule has 2 aliphatic heterocycles. The molecule has 5 heteroatoms. The number of hydrogen-bond acceptors (Lipinski definition) is 4. The predicted molar refractivity (Wildman–Crippen MR) is 107 cm³/mol. The molecule has 0 bridgehead atoms. The molecular weight excluding hydrogens is 354 g/mol. The molecule has 2 saturated heterocycles. The Labute approximate surface area is 168 Å². The summed E-state index contributed by atoms with van der Waals surface area (Å²) in [6.07, 6.45) is 3.89. The van der Waals surface area contributed by atoms with Gasteiger partial charge in [-0.2, -0.15) is 0 Å². The second-order valence-corrected chi connectivity index (χ2v) is 9.68. The van der Waals surface area contributed by atoms with E-state index in [9.17, 15) is 4.79 Å². The largest absolute Gasteiger partial charge is 0.443 e. The highest BCUT2D eigenvalue weighted by molar-refractivity contribution is 5.70. The molecule has 1 amide bonds. The smallest absolute Gasteiger partial charge is 0.410 e.